The maximum atomic E-state index is 2.41. The topological polar surface area (TPSA) is 0 Å². The fourth-order valence-electron chi connectivity index (χ4n) is 7.36. The highest BCUT2D eigenvalue weighted by Crippen LogP contribution is 2.50. The molecule has 0 unspecified atom stereocenters. The molecule has 0 bridgehead atoms. The molecule has 0 spiro atoms. The largest absolute Gasteiger partial charge is 0.135 e. The summed E-state index contributed by atoms with van der Waals surface area (Å²) in [6.07, 6.45) is 0. The summed E-state index contributed by atoms with van der Waals surface area (Å²) in [5, 5.41) is 13.1. The Morgan fingerprint density at radius 1 is 0.295 bits per heavy atom. The van der Waals surface area contributed by atoms with Crippen LogP contribution in [0.25, 0.3) is 94.9 Å². The van der Waals surface area contributed by atoms with Crippen LogP contribution in [0.3, 0.4) is 0 Å². The molecule has 0 saturated heterocycles. The van der Waals surface area contributed by atoms with Gasteiger partial charge in [0.2, 0.25) is 0 Å². The van der Waals surface area contributed by atoms with E-state index in [0.29, 0.717) is 0 Å². The van der Waals surface area contributed by atoms with Gasteiger partial charge in [-0.25, -0.2) is 0 Å². The number of hydrogen-bond acceptors (Lipinski definition) is 2. The van der Waals surface area contributed by atoms with Crippen molar-refractivity contribution in [1.29, 1.82) is 0 Å². The Balaban J connectivity index is 1.38. The molecule has 0 radical (unpaired) electrons. The van der Waals surface area contributed by atoms with Crippen LogP contribution < -0.4 is 0 Å². The van der Waals surface area contributed by atoms with Gasteiger partial charge in [0.05, 0.1) is 0 Å². The van der Waals surface area contributed by atoms with Crippen molar-refractivity contribution >= 4 is 95.3 Å². The van der Waals surface area contributed by atoms with Gasteiger partial charge in [0.15, 0.2) is 0 Å². The van der Waals surface area contributed by atoms with Crippen molar-refractivity contribution in [3.8, 4) is 22.3 Å². The average molecular weight is 593 g/mol. The van der Waals surface area contributed by atoms with Crippen LogP contribution in [0.15, 0.2) is 146 Å². The quantitative estimate of drug-likeness (QED) is 0.175. The number of rotatable bonds is 2. The normalized spacial score (nSPS) is 12.1. The SMILES string of the molecule is c1ccc2c(-c3c4ccccc4c(-c4ccc5c(c4)sc4ccccc45)c4ccccc34)c3sc4ccccc4c3cc2c1. The summed E-state index contributed by atoms with van der Waals surface area (Å²) in [6, 6.07) is 54.1. The number of benzene rings is 8. The monoisotopic (exact) mass is 592 g/mol. The first kappa shape index (κ1) is 24.4. The third-order valence-electron chi connectivity index (χ3n) is 9.24. The first-order valence-corrected chi connectivity index (χ1v) is 16.7. The van der Waals surface area contributed by atoms with Gasteiger partial charge in [-0.15, -0.1) is 22.7 Å². The van der Waals surface area contributed by atoms with Gasteiger partial charge >= 0.3 is 0 Å². The Kier molecular flexibility index (Phi) is 5.13. The van der Waals surface area contributed by atoms with Crippen molar-refractivity contribution in [2.75, 3.05) is 0 Å². The first-order valence-electron chi connectivity index (χ1n) is 15.0. The average Bonchev–Trinajstić information content (AvgIpc) is 3.64. The fraction of sp³-hybridized carbons (Fsp3) is 0. The fourth-order valence-corrected chi connectivity index (χ4v) is 9.75. The van der Waals surface area contributed by atoms with Gasteiger partial charge in [-0.3, -0.25) is 0 Å². The lowest BCUT2D eigenvalue weighted by Crippen LogP contribution is -1.92. The lowest BCUT2D eigenvalue weighted by Gasteiger charge is -2.19. The van der Waals surface area contributed by atoms with Crippen molar-refractivity contribution in [3.63, 3.8) is 0 Å². The smallest absolute Gasteiger partial charge is 0.0440 e. The Labute approximate surface area is 262 Å². The highest BCUT2D eigenvalue weighted by Gasteiger charge is 2.22. The van der Waals surface area contributed by atoms with E-state index in [4.69, 9.17) is 0 Å². The number of thiophene rings is 2. The van der Waals surface area contributed by atoms with E-state index in [1.54, 1.807) is 0 Å². The molecule has 0 amide bonds. The molecule has 44 heavy (non-hydrogen) atoms. The molecule has 0 nitrogen and oxygen atoms in total. The van der Waals surface area contributed by atoms with Crippen LogP contribution in [-0.4, -0.2) is 0 Å². The van der Waals surface area contributed by atoms with E-state index in [0.717, 1.165) is 0 Å². The van der Waals surface area contributed by atoms with Crippen molar-refractivity contribution in [3.05, 3.63) is 146 Å². The van der Waals surface area contributed by atoms with E-state index in [1.165, 1.54) is 94.9 Å². The summed E-state index contributed by atoms with van der Waals surface area (Å²) >= 11 is 3.81. The molecule has 0 N–H and O–H groups in total. The standard InChI is InChI=1S/C42H24S2/c1-2-12-27-25(11-1)23-35-29-14-8-10-20-37(29)44-42(35)41(27)40-33-17-5-3-15-31(33)39(32-16-4-6-18-34(32)40)26-21-22-30-28-13-7-9-19-36(28)43-38(30)24-26/h1-24H. The van der Waals surface area contributed by atoms with Gasteiger partial charge in [0.1, 0.15) is 0 Å². The van der Waals surface area contributed by atoms with E-state index >= 15 is 0 Å². The molecule has 0 aliphatic rings. The minimum Gasteiger partial charge on any atom is -0.135 e. The lowest BCUT2D eigenvalue weighted by atomic mass is 9.84. The van der Waals surface area contributed by atoms with E-state index in [9.17, 15) is 0 Å². The molecule has 10 rings (SSSR count). The summed E-state index contributed by atoms with van der Waals surface area (Å²) < 4.78 is 5.37. The molecule has 0 fully saturated rings. The molecular formula is C42H24S2. The van der Waals surface area contributed by atoms with Gasteiger partial charge in [-0.2, -0.15) is 0 Å². The Bertz CT molecular complexity index is 2720. The van der Waals surface area contributed by atoms with E-state index < -0.39 is 0 Å². The van der Waals surface area contributed by atoms with E-state index in [2.05, 4.69) is 146 Å². The molecule has 2 heteroatoms. The summed E-state index contributed by atoms with van der Waals surface area (Å²) in [5.74, 6) is 0. The zero-order chi connectivity index (χ0) is 28.8. The number of hydrogen-bond donors (Lipinski definition) is 0. The van der Waals surface area contributed by atoms with Crippen LogP contribution in [0, 0.1) is 0 Å². The third kappa shape index (κ3) is 3.38. The molecule has 8 aromatic carbocycles. The van der Waals surface area contributed by atoms with Crippen molar-refractivity contribution in [1.82, 2.24) is 0 Å². The van der Waals surface area contributed by atoms with Crippen molar-refractivity contribution in [2.24, 2.45) is 0 Å². The molecule has 2 aromatic heterocycles. The Hall–Kier alpha value is -5.02. The van der Waals surface area contributed by atoms with Gasteiger partial charge in [0.25, 0.3) is 0 Å². The summed E-state index contributed by atoms with van der Waals surface area (Å²) in [6.45, 7) is 0. The molecule has 0 atom stereocenters. The lowest BCUT2D eigenvalue weighted by molar-refractivity contribution is 1.71. The van der Waals surface area contributed by atoms with Crippen LogP contribution in [0.2, 0.25) is 0 Å². The van der Waals surface area contributed by atoms with Crippen molar-refractivity contribution in [2.45, 2.75) is 0 Å². The van der Waals surface area contributed by atoms with Crippen LogP contribution >= 0.6 is 22.7 Å². The van der Waals surface area contributed by atoms with E-state index in [-0.39, 0.29) is 0 Å². The molecule has 0 aliphatic carbocycles. The second-order valence-corrected chi connectivity index (χ2v) is 13.7. The molecule has 0 saturated carbocycles. The molecule has 2 heterocycles. The Morgan fingerprint density at radius 3 is 1.48 bits per heavy atom. The van der Waals surface area contributed by atoms with Crippen molar-refractivity contribution < 1.29 is 0 Å². The second-order valence-electron chi connectivity index (χ2n) is 11.6. The van der Waals surface area contributed by atoms with E-state index in [1.807, 2.05) is 22.7 Å². The zero-order valence-electron chi connectivity index (χ0n) is 23.7. The first-order chi connectivity index (χ1) is 21.8. The van der Waals surface area contributed by atoms with Crippen LogP contribution in [0.5, 0.6) is 0 Å². The van der Waals surface area contributed by atoms with Crippen LogP contribution in [0.1, 0.15) is 0 Å². The maximum absolute atomic E-state index is 2.41. The van der Waals surface area contributed by atoms with Gasteiger partial charge in [-0.1, -0.05) is 121 Å². The minimum atomic E-state index is 1.27. The van der Waals surface area contributed by atoms with Gasteiger partial charge < -0.3 is 0 Å². The molecule has 10 aromatic rings. The highest BCUT2D eigenvalue weighted by molar-refractivity contribution is 7.26. The van der Waals surface area contributed by atoms with Gasteiger partial charge in [-0.05, 0) is 73.3 Å². The van der Waals surface area contributed by atoms with Gasteiger partial charge in [0, 0.05) is 45.9 Å². The number of fused-ring (bicyclic) bond motifs is 9. The maximum Gasteiger partial charge on any atom is 0.0440 e. The van der Waals surface area contributed by atoms with Crippen LogP contribution in [0.4, 0.5) is 0 Å². The second kappa shape index (κ2) is 9.24. The summed E-state index contributed by atoms with van der Waals surface area (Å²) in [7, 11) is 0. The zero-order valence-corrected chi connectivity index (χ0v) is 25.3. The molecule has 204 valence electrons. The Morgan fingerprint density at radius 2 is 0.795 bits per heavy atom. The predicted octanol–water partition coefficient (Wildman–Crippen LogP) is 13.2. The predicted molar refractivity (Wildman–Crippen MR) is 196 cm³/mol. The molecule has 0 aliphatic heterocycles. The summed E-state index contributed by atoms with van der Waals surface area (Å²) in [5.41, 5.74) is 5.26. The summed E-state index contributed by atoms with van der Waals surface area (Å²) in [4.78, 5) is 0. The molecular weight excluding hydrogens is 569 g/mol. The minimum absolute atomic E-state index is 1.27. The van der Waals surface area contributed by atoms with Crippen LogP contribution in [-0.2, 0) is 0 Å². The highest BCUT2D eigenvalue weighted by atomic mass is 32.1. The third-order valence-corrected chi connectivity index (χ3v) is 11.6.